The van der Waals surface area contributed by atoms with E-state index in [1.54, 1.807) is 13.0 Å². The molecule has 0 saturated heterocycles. The van der Waals surface area contributed by atoms with Crippen LogP contribution >= 0.6 is 15.9 Å². The Kier molecular flexibility index (Phi) is 6.28. The van der Waals surface area contributed by atoms with Crippen molar-refractivity contribution in [3.05, 3.63) is 59.5 Å². The Labute approximate surface area is 169 Å². The maximum Gasteiger partial charge on any atom is 0.330 e. The van der Waals surface area contributed by atoms with Crippen molar-refractivity contribution in [2.75, 3.05) is 17.2 Å². The number of nitrogens with zero attached hydrogens (tertiary/aromatic N) is 3. The second-order valence-electron chi connectivity index (χ2n) is 5.52. The Bertz CT molecular complexity index is 1050. The minimum absolute atomic E-state index is 0.241. The van der Waals surface area contributed by atoms with Crippen LogP contribution in [0, 0.1) is 0 Å². The summed E-state index contributed by atoms with van der Waals surface area (Å²) in [5, 5.41) is 6.50. The summed E-state index contributed by atoms with van der Waals surface area (Å²) in [4.78, 5) is 35.9. The van der Waals surface area contributed by atoms with Crippen LogP contribution in [0.5, 0.6) is 0 Å². The van der Waals surface area contributed by atoms with Crippen LogP contribution in [-0.2, 0) is 14.3 Å². The minimum atomic E-state index is -0.585. The van der Waals surface area contributed by atoms with Gasteiger partial charge >= 0.3 is 5.97 Å². The number of hydrogen-bond donors (Lipinski definition) is 2. The van der Waals surface area contributed by atoms with Crippen LogP contribution in [0.1, 0.15) is 6.92 Å². The van der Waals surface area contributed by atoms with Crippen LogP contribution < -0.4 is 10.6 Å². The molecular weight excluding hydrogens is 426 g/mol. The Morgan fingerprint density at radius 2 is 2.04 bits per heavy atom. The normalized spacial score (nSPS) is 10.8. The minimum Gasteiger partial charge on any atom is -0.463 e. The molecule has 142 valence electrons. The first kappa shape index (κ1) is 19.4. The molecule has 0 aliphatic rings. The van der Waals surface area contributed by atoms with Gasteiger partial charge in [-0.15, -0.1) is 0 Å². The van der Waals surface area contributed by atoms with Gasteiger partial charge in [0.25, 0.3) is 0 Å². The number of anilines is 3. The van der Waals surface area contributed by atoms with Gasteiger partial charge in [-0.25, -0.2) is 19.7 Å². The Morgan fingerprint density at radius 3 is 2.82 bits per heavy atom. The van der Waals surface area contributed by atoms with Crippen LogP contribution in [0.15, 0.2) is 59.5 Å². The van der Waals surface area contributed by atoms with Crippen LogP contribution in [0.3, 0.4) is 0 Å². The highest BCUT2D eigenvalue weighted by atomic mass is 79.9. The molecule has 0 unspecified atom stereocenters. The van der Waals surface area contributed by atoms with Gasteiger partial charge in [0.05, 0.1) is 18.3 Å². The second kappa shape index (κ2) is 9.05. The van der Waals surface area contributed by atoms with Crippen molar-refractivity contribution in [1.29, 1.82) is 0 Å². The highest BCUT2D eigenvalue weighted by molar-refractivity contribution is 9.10. The molecule has 1 amide bonds. The molecule has 0 atom stereocenters. The van der Waals surface area contributed by atoms with Gasteiger partial charge in [0.2, 0.25) is 5.91 Å². The van der Waals surface area contributed by atoms with Crippen molar-refractivity contribution in [3.8, 4) is 0 Å². The highest BCUT2D eigenvalue weighted by Crippen LogP contribution is 2.25. The molecule has 2 N–H and O–H groups in total. The average molecular weight is 442 g/mol. The lowest BCUT2D eigenvalue weighted by Crippen LogP contribution is -2.11. The van der Waals surface area contributed by atoms with Crippen molar-refractivity contribution in [1.82, 2.24) is 15.0 Å². The summed E-state index contributed by atoms with van der Waals surface area (Å²) in [7, 11) is 0. The molecule has 8 nitrogen and oxygen atoms in total. The lowest BCUT2D eigenvalue weighted by Gasteiger charge is -2.09. The number of esters is 1. The third-order valence-corrected chi connectivity index (χ3v) is 4.01. The Balaban J connectivity index is 1.82. The molecule has 3 aromatic rings. The van der Waals surface area contributed by atoms with Gasteiger partial charge in [-0.2, -0.15) is 0 Å². The van der Waals surface area contributed by atoms with Gasteiger partial charge in [-0.3, -0.25) is 4.79 Å². The van der Waals surface area contributed by atoms with Crippen LogP contribution in [-0.4, -0.2) is 33.4 Å². The van der Waals surface area contributed by atoms with Gasteiger partial charge in [-0.05, 0) is 31.2 Å². The van der Waals surface area contributed by atoms with Gasteiger partial charge in [0, 0.05) is 27.7 Å². The molecular formula is C19H16BrN5O3. The van der Waals surface area contributed by atoms with Gasteiger partial charge in [-0.1, -0.05) is 22.0 Å². The van der Waals surface area contributed by atoms with E-state index in [1.165, 1.54) is 12.5 Å². The predicted molar refractivity (Wildman–Crippen MR) is 109 cm³/mol. The van der Waals surface area contributed by atoms with Gasteiger partial charge < -0.3 is 15.4 Å². The number of amides is 1. The first-order valence-electron chi connectivity index (χ1n) is 8.34. The van der Waals surface area contributed by atoms with Crippen molar-refractivity contribution in [3.63, 3.8) is 0 Å². The number of rotatable bonds is 6. The lowest BCUT2D eigenvalue weighted by molar-refractivity contribution is -0.137. The molecule has 0 bridgehead atoms. The number of benzene rings is 1. The van der Waals surface area contributed by atoms with Crippen molar-refractivity contribution >= 4 is 56.0 Å². The molecule has 0 saturated carbocycles. The molecule has 3 rings (SSSR count). The van der Waals surface area contributed by atoms with Crippen LogP contribution in [0.2, 0.25) is 0 Å². The number of carbonyl (C=O) groups is 2. The van der Waals surface area contributed by atoms with Crippen molar-refractivity contribution in [2.45, 2.75) is 6.92 Å². The van der Waals surface area contributed by atoms with E-state index in [0.717, 1.165) is 22.3 Å². The van der Waals surface area contributed by atoms with Gasteiger partial charge in [0.1, 0.15) is 18.0 Å². The molecule has 2 aromatic heterocycles. The topological polar surface area (TPSA) is 106 Å². The van der Waals surface area contributed by atoms with E-state index >= 15 is 0 Å². The zero-order valence-electron chi connectivity index (χ0n) is 14.8. The van der Waals surface area contributed by atoms with Crippen molar-refractivity contribution in [2.24, 2.45) is 0 Å². The summed E-state index contributed by atoms with van der Waals surface area (Å²) >= 11 is 3.43. The van der Waals surface area contributed by atoms with E-state index in [4.69, 9.17) is 4.74 Å². The maximum absolute atomic E-state index is 12.0. The van der Waals surface area contributed by atoms with Crippen LogP contribution in [0.4, 0.5) is 17.3 Å². The third-order valence-electron chi connectivity index (χ3n) is 3.52. The molecule has 9 heteroatoms. The van der Waals surface area contributed by atoms with Crippen LogP contribution in [0.25, 0.3) is 10.9 Å². The van der Waals surface area contributed by atoms with Gasteiger partial charge in [0.15, 0.2) is 0 Å². The van der Waals surface area contributed by atoms with E-state index in [-0.39, 0.29) is 6.61 Å². The van der Waals surface area contributed by atoms with E-state index < -0.39 is 11.9 Å². The number of pyridine rings is 1. The summed E-state index contributed by atoms with van der Waals surface area (Å²) in [5.74, 6) is -0.211. The number of hydrogen-bond acceptors (Lipinski definition) is 7. The number of carbonyl (C=O) groups excluding carboxylic acids is 2. The molecule has 0 aliphatic carbocycles. The van der Waals surface area contributed by atoms with E-state index in [0.29, 0.717) is 22.5 Å². The first-order valence-corrected chi connectivity index (χ1v) is 9.13. The fourth-order valence-electron chi connectivity index (χ4n) is 2.33. The maximum atomic E-state index is 12.0. The molecule has 28 heavy (non-hydrogen) atoms. The summed E-state index contributed by atoms with van der Waals surface area (Å²) in [6.07, 6.45) is 5.12. The summed E-state index contributed by atoms with van der Waals surface area (Å²) in [5.41, 5.74) is 1.46. The second-order valence-corrected chi connectivity index (χ2v) is 6.43. The fraction of sp³-hybridized carbons (Fsp3) is 0.105. The molecule has 0 radical (unpaired) electrons. The lowest BCUT2D eigenvalue weighted by atomic mass is 10.2. The monoisotopic (exact) mass is 441 g/mol. The SMILES string of the molecule is CCOC(=O)/C=C/C(=O)Nc1cc2c(Nc3cccc(Br)c3)ncnc2cn1. The highest BCUT2D eigenvalue weighted by Gasteiger charge is 2.08. The number of nitrogens with one attached hydrogen (secondary N) is 2. The van der Waals surface area contributed by atoms with E-state index in [2.05, 4.69) is 41.5 Å². The standard InChI is InChI=1S/C19H16BrN5O3/c1-2-28-18(27)7-6-17(26)25-16-9-14-15(10-21-16)22-11-23-19(14)24-13-5-3-4-12(20)8-13/h3-11H,2H2,1H3,(H,21,25,26)(H,22,23,24)/b7-6+. The number of aromatic nitrogens is 3. The zero-order valence-corrected chi connectivity index (χ0v) is 16.4. The number of halogens is 1. The summed E-state index contributed by atoms with van der Waals surface area (Å²) in [6.45, 7) is 1.93. The molecule has 0 aliphatic heterocycles. The van der Waals surface area contributed by atoms with Crippen molar-refractivity contribution < 1.29 is 14.3 Å². The predicted octanol–water partition coefficient (Wildman–Crippen LogP) is 3.59. The fourth-order valence-corrected chi connectivity index (χ4v) is 2.73. The summed E-state index contributed by atoms with van der Waals surface area (Å²) in [6, 6.07) is 9.30. The zero-order chi connectivity index (χ0) is 19.9. The number of ether oxygens (including phenoxy) is 1. The average Bonchev–Trinajstić information content (AvgIpc) is 2.67. The Hall–Kier alpha value is -3.33. The first-order chi connectivity index (χ1) is 13.5. The quantitative estimate of drug-likeness (QED) is 0.444. The largest absolute Gasteiger partial charge is 0.463 e. The molecule has 2 heterocycles. The van der Waals surface area contributed by atoms with E-state index in [1.807, 2.05) is 24.3 Å². The molecule has 1 aromatic carbocycles. The van der Waals surface area contributed by atoms with E-state index in [9.17, 15) is 9.59 Å². The summed E-state index contributed by atoms with van der Waals surface area (Å²) < 4.78 is 5.66. The third kappa shape index (κ3) is 5.10. The molecule has 0 spiro atoms. The smallest absolute Gasteiger partial charge is 0.330 e. The Morgan fingerprint density at radius 1 is 1.18 bits per heavy atom. The number of fused-ring (bicyclic) bond motifs is 1. The molecule has 0 fully saturated rings.